The largest absolute Gasteiger partial charge is 0.479 e. The summed E-state index contributed by atoms with van der Waals surface area (Å²) in [5, 5.41) is 75.8. The summed E-state index contributed by atoms with van der Waals surface area (Å²) in [6.07, 6.45) is -17.3. The molecule has 2 aliphatic rings. The summed E-state index contributed by atoms with van der Waals surface area (Å²) >= 11 is 0. The van der Waals surface area contributed by atoms with Crippen LogP contribution >= 0.6 is 0 Å². The maximum absolute atomic E-state index is 11.0. The summed E-state index contributed by atoms with van der Waals surface area (Å²) in [6, 6.07) is 0. The second-order valence-corrected chi connectivity index (χ2v) is 5.61. The van der Waals surface area contributed by atoms with Crippen molar-refractivity contribution in [1.29, 1.82) is 0 Å². The summed E-state index contributed by atoms with van der Waals surface area (Å²) in [5.74, 6) is -1.59. The van der Waals surface area contributed by atoms with Crippen molar-refractivity contribution in [2.24, 2.45) is 0 Å². The summed E-state index contributed by atoms with van der Waals surface area (Å²) in [5.41, 5.74) is 0. The van der Waals surface area contributed by atoms with Crippen LogP contribution in [0.2, 0.25) is 0 Å². The summed E-state index contributed by atoms with van der Waals surface area (Å²) in [6.45, 7) is -0.584. The summed E-state index contributed by atoms with van der Waals surface area (Å²) in [4.78, 5) is 11.0. The molecule has 12 heteroatoms. The van der Waals surface area contributed by atoms with Gasteiger partial charge in [0.25, 0.3) is 0 Å². The van der Waals surface area contributed by atoms with Crippen LogP contribution in [0.4, 0.5) is 0 Å². The third kappa shape index (κ3) is 3.67. The summed E-state index contributed by atoms with van der Waals surface area (Å²) < 4.78 is 14.7. The maximum Gasteiger partial charge on any atom is 0.335 e. The van der Waals surface area contributed by atoms with E-state index in [2.05, 4.69) is 0 Å². The van der Waals surface area contributed by atoms with Crippen molar-refractivity contribution >= 4 is 5.97 Å². The smallest absolute Gasteiger partial charge is 0.335 e. The van der Waals surface area contributed by atoms with Crippen LogP contribution in [-0.4, -0.2) is 115 Å². The fourth-order valence-electron chi connectivity index (χ4n) is 2.45. The lowest BCUT2D eigenvalue weighted by molar-refractivity contribution is -0.321. The van der Waals surface area contributed by atoms with Gasteiger partial charge in [-0.05, 0) is 0 Å². The fraction of sp³-hybridized carbons (Fsp3) is 0.917. The third-order valence-electron chi connectivity index (χ3n) is 3.92. The van der Waals surface area contributed by atoms with Crippen LogP contribution < -0.4 is 0 Å². The minimum absolute atomic E-state index is 0.584. The van der Waals surface area contributed by atoms with E-state index in [-0.39, 0.29) is 0 Å². The van der Waals surface area contributed by atoms with Crippen LogP contribution in [0, 0.1) is 0 Å². The lowest BCUT2D eigenvalue weighted by Gasteiger charge is -2.41. The van der Waals surface area contributed by atoms with Crippen molar-refractivity contribution in [2.45, 2.75) is 61.4 Å². The van der Waals surface area contributed by atoms with Crippen molar-refractivity contribution in [3.8, 4) is 0 Å². The Morgan fingerprint density at radius 1 is 0.792 bits per heavy atom. The minimum Gasteiger partial charge on any atom is -0.479 e. The van der Waals surface area contributed by atoms with E-state index < -0.39 is 74.0 Å². The number of aliphatic hydroxyl groups excluding tert-OH is 7. The highest BCUT2D eigenvalue weighted by molar-refractivity contribution is 5.73. The number of hydrogen-bond acceptors (Lipinski definition) is 11. The van der Waals surface area contributed by atoms with Gasteiger partial charge in [0.05, 0.1) is 6.61 Å². The van der Waals surface area contributed by atoms with Gasteiger partial charge < -0.3 is 55.1 Å². The standard InChI is InChI=1S/C12H20O12/c13-3-2(23-11(21)7(17)4(3)14)1-22-12-8(18)5(15)6(16)9(24-12)10(19)20/h2-9,11-18,21H,1H2,(H,19,20)/t2?,3-,4?,5?,6?,7-,8-,9?,11?,12+/m1/s1. The summed E-state index contributed by atoms with van der Waals surface area (Å²) in [7, 11) is 0. The zero-order valence-corrected chi connectivity index (χ0v) is 12.2. The molecule has 10 atom stereocenters. The predicted octanol–water partition coefficient (Wildman–Crippen LogP) is -5.30. The van der Waals surface area contributed by atoms with E-state index in [1.54, 1.807) is 0 Å². The zero-order chi connectivity index (χ0) is 18.2. The SMILES string of the molecule is O=C(O)C1O[C@H](OCC2OC(O)[C@H](O)C(O)[C@@H]2O)[C@H](O)C(O)C1O. The van der Waals surface area contributed by atoms with Gasteiger partial charge in [0, 0.05) is 0 Å². The number of rotatable bonds is 4. The van der Waals surface area contributed by atoms with E-state index in [4.69, 9.17) is 19.3 Å². The predicted molar refractivity (Wildman–Crippen MR) is 69.2 cm³/mol. The van der Waals surface area contributed by atoms with Gasteiger partial charge in [0.1, 0.15) is 42.7 Å². The van der Waals surface area contributed by atoms with E-state index >= 15 is 0 Å². The van der Waals surface area contributed by atoms with Crippen molar-refractivity contribution in [1.82, 2.24) is 0 Å². The molecule has 0 amide bonds. The van der Waals surface area contributed by atoms with E-state index in [9.17, 15) is 40.5 Å². The fourth-order valence-corrected chi connectivity index (χ4v) is 2.45. The first-order chi connectivity index (χ1) is 11.1. The van der Waals surface area contributed by atoms with Gasteiger partial charge in [-0.15, -0.1) is 0 Å². The topological polar surface area (TPSA) is 207 Å². The molecular weight excluding hydrogens is 336 g/mol. The molecule has 2 fully saturated rings. The highest BCUT2D eigenvalue weighted by Gasteiger charge is 2.49. The Morgan fingerprint density at radius 2 is 1.38 bits per heavy atom. The number of carbonyl (C=O) groups is 1. The molecular formula is C12H20O12. The lowest BCUT2D eigenvalue weighted by atomic mass is 9.98. The first kappa shape index (κ1) is 19.4. The molecule has 6 unspecified atom stereocenters. The number of aliphatic carboxylic acids is 1. The van der Waals surface area contributed by atoms with E-state index in [1.165, 1.54) is 0 Å². The molecule has 0 aromatic heterocycles. The van der Waals surface area contributed by atoms with Gasteiger partial charge in [-0.2, -0.15) is 0 Å². The number of aliphatic hydroxyl groups is 7. The molecule has 2 aliphatic heterocycles. The molecule has 24 heavy (non-hydrogen) atoms. The van der Waals surface area contributed by atoms with E-state index in [0.29, 0.717) is 0 Å². The van der Waals surface area contributed by atoms with Crippen LogP contribution in [0.1, 0.15) is 0 Å². The monoisotopic (exact) mass is 356 g/mol. The number of carboxylic acids is 1. The zero-order valence-electron chi connectivity index (χ0n) is 12.2. The lowest BCUT2D eigenvalue weighted by Crippen LogP contribution is -2.62. The first-order valence-corrected chi connectivity index (χ1v) is 7.07. The van der Waals surface area contributed by atoms with Crippen LogP contribution in [0.15, 0.2) is 0 Å². The van der Waals surface area contributed by atoms with Crippen molar-refractivity contribution in [3.63, 3.8) is 0 Å². The molecule has 0 spiro atoms. The molecule has 2 heterocycles. The van der Waals surface area contributed by atoms with Crippen LogP contribution in [0.3, 0.4) is 0 Å². The Kier molecular flexibility index (Phi) is 6.09. The second-order valence-electron chi connectivity index (χ2n) is 5.61. The van der Waals surface area contributed by atoms with E-state index in [0.717, 1.165) is 0 Å². The molecule has 8 N–H and O–H groups in total. The first-order valence-electron chi connectivity index (χ1n) is 7.07. The molecule has 12 nitrogen and oxygen atoms in total. The minimum atomic E-state index is -1.88. The van der Waals surface area contributed by atoms with Gasteiger partial charge in [0.2, 0.25) is 0 Å². The molecule has 2 rings (SSSR count). The maximum atomic E-state index is 11.0. The number of carboxylic acid groups (broad SMARTS) is 1. The Labute approximate surface area is 135 Å². The van der Waals surface area contributed by atoms with Gasteiger partial charge >= 0.3 is 5.97 Å². The van der Waals surface area contributed by atoms with Crippen LogP contribution in [-0.2, 0) is 19.0 Å². The van der Waals surface area contributed by atoms with Gasteiger partial charge in [0.15, 0.2) is 18.7 Å². The number of hydrogen-bond donors (Lipinski definition) is 8. The Bertz CT molecular complexity index is 446. The van der Waals surface area contributed by atoms with Crippen molar-refractivity contribution < 1.29 is 59.9 Å². The third-order valence-corrected chi connectivity index (χ3v) is 3.92. The molecule has 0 aromatic rings. The van der Waals surface area contributed by atoms with Crippen LogP contribution in [0.25, 0.3) is 0 Å². The normalized spacial score (nSPS) is 49.8. The van der Waals surface area contributed by atoms with Crippen molar-refractivity contribution in [3.05, 3.63) is 0 Å². The quantitative estimate of drug-likeness (QED) is 0.238. The molecule has 140 valence electrons. The average molecular weight is 356 g/mol. The highest BCUT2D eigenvalue weighted by atomic mass is 16.7. The highest BCUT2D eigenvalue weighted by Crippen LogP contribution is 2.25. The van der Waals surface area contributed by atoms with Crippen molar-refractivity contribution in [2.75, 3.05) is 6.61 Å². The Morgan fingerprint density at radius 3 is 1.96 bits per heavy atom. The van der Waals surface area contributed by atoms with E-state index in [1.807, 2.05) is 0 Å². The average Bonchev–Trinajstić information content (AvgIpc) is 2.54. The second kappa shape index (κ2) is 7.53. The Hall–Kier alpha value is -0.930. The number of ether oxygens (including phenoxy) is 3. The molecule has 0 aliphatic carbocycles. The van der Waals surface area contributed by atoms with Crippen LogP contribution in [0.5, 0.6) is 0 Å². The molecule has 0 saturated carbocycles. The van der Waals surface area contributed by atoms with Gasteiger partial charge in [-0.1, -0.05) is 0 Å². The molecule has 0 radical (unpaired) electrons. The Balaban J connectivity index is 1.98. The molecule has 0 bridgehead atoms. The van der Waals surface area contributed by atoms with Gasteiger partial charge in [-0.3, -0.25) is 0 Å². The van der Waals surface area contributed by atoms with Gasteiger partial charge in [-0.25, -0.2) is 4.79 Å². The molecule has 2 saturated heterocycles. The molecule has 0 aromatic carbocycles.